The van der Waals surface area contributed by atoms with Crippen LogP contribution >= 0.6 is 0 Å². The molecule has 1 heterocycles. The lowest BCUT2D eigenvalue weighted by molar-refractivity contribution is -0.315. The Kier molecular flexibility index (Phi) is 10.1. The highest BCUT2D eigenvalue weighted by atomic mass is 16.7. The summed E-state index contributed by atoms with van der Waals surface area (Å²) in [6, 6.07) is 0. The number of hydrogen-bond donors (Lipinski definition) is 4. The van der Waals surface area contributed by atoms with Crippen molar-refractivity contribution in [3.8, 4) is 0 Å². The summed E-state index contributed by atoms with van der Waals surface area (Å²) >= 11 is 0. The Morgan fingerprint density at radius 2 is 1.59 bits per heavy atom. The molecule has 1 aliphatic heterocycles. The molecule has 154 valence electrons. The molecule has 0 bridgehead atoms. The number of carbonyl (C=O) groups excluding carboxylic acids is 2. The second-order valence-electron chi connectivity index (χ2n) is 5.72. The van der Waals surface area contributed by atoms with E-state index >= 15 is 0 Å². The average molecular weight is 390 g/mol. The number of hydrogen-bond acceptors (Lipinski definition) is 10. The predicted octanol–water partition coefficient (Wildman–Crippen LogP) is -1.59. The maximum Gasteiger partial charge on any atom is 0.330 e. The molecule has 10 nitrogen and oxygen atoms in total. The van der Waals surface area contributed by atoms with Gasteiger partial charge in [-0.05, 0) is 13.8 Å². The summed E-state index contributed by atoms with van der Waals surface area (Å²) in [5, 5.41) is 39.3. The number of rotatable bonds is 9. The summed E-state index contributed by atoms with van der Waals surface area (Å²) in [4.78, 5) is 22.7. The molecular weight excluding hydrogens is 364 g/mol. The standard InChI is InChI=1S/C17H26O10/c1-3-5-12(19)24-8-10(7-18)26-17-16(23)15(22)14(21)11(27-17)9-25-13(20)6-4-2/h3-6,10-11,14-18,21-23H,7-9H2,1-2H3/b5-3+,6-4+/t10-,11-,14+,15+,16-,17-/m1/s1. The predicted molar refractivity (Wildman–Crippen MR) is 90.2 cm³/mol. The molecule has 0 aromatic rings. The molecule has 0 aromatic carbocycles. The lowest BCUT2D eigenvalue weighted by Gasteiger charge is -2.40. The Labute approximate surface area is 156 Å². The van der Waals surface area contributed by atoms with Gasteiger partial charge in [-0.25, -0.2) is 9.59 Å². The molecular formula is C17H26O10. The summed E-state index contributed by atoms with van der Waals surface area (Å²) < 4.78 is 20.4. The summed E-state index contributed by atoms with van der Waals surface area (Å²) in [6.45, 7) is 1.97. The second kappa shape index (κ2) is 11.8. The van der Waals surface area contributed by atoms with Gasteiger partial charge in [0, 0.05) is 12.2 Å². The fraction of sp³-hybridized carbons (Fsp3) is 0.647. The van der Waals surface area contributed by atoms with Crippen molar-refractivity contribution in [1.29, 1.82) is 0 Å². The van der Waals surface area contributed by atoms with Crippen LogP contribution in [0.15, 0.2) is 24.3 Å². The molecule has 0 spiro atoms. The Morgan fingerprint density at radius 3 is 2.15 bits per heavy atom. The third-order valence-corrected chi connectivity index (χ3v) is 3.61. The summed E-state index contributed by atoms with van der Waals surface area (Å²) in [5.74, 6) is -1.32. The quantitative estimate of drug-likeness (QED) is 0.268. The van der Waals surface area contributed by atoms with Crippen LogP contribution in [0.3, 0.4) is 0 Å². The molecule has 4 N–H and O–H groups in total. The van der Waals surface area contributed by atoms with Gasteiger partial charge in [0.2, 0.25) is 0 Å². The SMILES string of the molecule is C/C=C/C(=O)OC[C@@H](CO)O[C@@H]1O[C@H](COC(=O)/C=C/C)[C@H](O)[C@H](O)[C@H]1O. The van der Waals surface area contributed by atoms with E-state index in [-0.39, 0.29) is 6.61 Å². The average Bonchev–Trinajstić information content (AvgIpc) is 2.64. The Balaban J connectivity index is 2.67. The van der Waals surface area contributed by atoms with Crippen LogP contribution in [0.25, 0.3) is 0 Å². The van der Waals surface area contributed by atoms with Crippen LogP contribution in [0.2, 0.25) is 0 Å². The summed E-state index contributed by atoms with van der Waals surface area (Å²) in [5.41, 5.74) is 0. The number of aliphatic hydroxyl groups excluding tert-OH is 4. The van der Waals surface area contributed by atoms with Crippen molar-refractivity contribution in [3.05, 3.63) is 24.3 Å². The van der Waals surface area contributed by atoms with E-state index in [1.165, 1.54) is 18.2 Å². The lowest BCUT2D eigenvalue weighted by atomic mass is 9.99. The Hall–Kier alpha value is -1.82. The maximum absolute atomic E-state index is 11.4. The minimum Gasteiger partial charge on any atom is -0.460 e. The zero-order valence-electron chi connectivity index (χ0n) is 15.1. The largest absolute Gasteiger partial charge is 0.460 e. The van der Waals surface area contributed by atoms with Crippen molar-refractivity contribution in [2.45, 2.75) is 50.7 Å². The molecule has 0 saturated carbocycles. The van der Waals surface area contributed by atoms with Crippen LogP contribution < -0.4 is 0 Å². The Morgan fingerprint density at radius 1 is 1.00 bits per heavy atom. The highest BCUT2D eigenvalue weighted by Gasteiger charge is 2.45. The smallest absolute Gasteiger partial charge is 0.330 e. The van der Waals surface area contributed by atoms with E-state index in [1.807, 2.05) is 0 Å². The van der Waals surface area contributed by atoms with E-state index in [4.69, 9.17) is 18.9 Å². The minimum absolute atomic E-state index is 0.328. The Bertz CT molecular complexity index is 530. The molecule has 0 amide bonds. The van der Waals surface area contributed by atoms with Crippen LogP contribution in [0.1, 0.15) is 13.8 Å². The fourth-order valence-electron chi connectivity index (χ4n) is 2.20. The van der Waals surface area contributed by atoms with E-state index in [2.05, 4.69) is 0 Å². The lowest BCUT2D eigenvalue weighted by Crippen LogP contribution is -2.60. The van der Waals surface area contributed by atoms with Crippen LogP contribution in [0.4, 0.5) is 0 Å². The van der Waals surface area contributed by atoms with Crippen LogP contribution in [0.5, 0.6) is 0 Å². The zero-order chi connectivity index (χ0) is 20.4. The summed E-state index contributed by atoms with van der Waals surface area (Å²) in [7, 11) is 0. The fourth-order valence-corrected chi connectivity index (χ4v) is 2.20. The van der Waals surface area contributed by atoms with E-state index in [1.54, 1.807) is 13.8 Å². The van der Waals surface area contributed by atoms with Crippen LogP contribution in [0, 0.1) is 0 Å². The first-order chi connectivity index (χ1) is 12.8. The van der Waals surface area contributed by atoms with E-state index in [0.29, 0.717) is 0 Å². The molecule has 1 rings (SSSR count). The molecule has 10 heteroatoms. The van der Waals surface area contributed by atoms with E-state index in [0.717, 1.165) is 6.08 Å². The van der Waals surface area contributed by atoms with Crippen LogP contribution in [-0.4, -0.2) is 89.0 Å². The first-order valence-electron chi connectivity index (χ1n) is 8.38. The van der Waals surface area contributed by atoms with Gasteiger partial charge >= 0.3 is 11.9 Å². The third kappa shape index (κ3) is 7.37. The van der Waals surface area contributed by atoms with Gasteiger partial charge in [0.15, 0.2) is 6.29 Å². The molecule has 1 aliphatic rings. The van der Waals surface area contributed by atoms with Crippen molar-refractivity contribution >= 4 is 11.9 Å². The molecule has 0 unspecified atom stereocenters. The number of carbonyl (C=O) groups is 2. The molecule has 0 aromatic heterocycles. The maximum atomic E-state index is 11.4. The molecule has 6 atom stereocenters. The highest BCUT2D eigenvalue weighted by molar-refractivity contribution is 5.82. The normalized spacial score (nSPS) is 29.8. The van der Waals surface area contributed by atoms with Gasteiger partial charge in [0.25, 0.3) is 0 Å². The molecule has 1 saturated heterocycles. The van der Waals surface area contributed by atoms with Gasteiger partial charge in [0.05, 0.1) is 6.61 Å². The van der Waals surface area contributed by atoms with Gasteiger partial charge in [0.1, 0.15) is 43.7 Å². The molecule has 0 aliphatic carbocycles. The van der Waals surface area contributed by atoms with Gasteiger partial charge < -0.3 is 39.4 Å². The zero-order valence-corrected chi connectivity index (χ0v) is 15.1. The van der Waals surface area contributed by atoms with Crippen molar-refractivity contribution in [2.24, 2.45) is 0 Å². The number of aliphatic hydroxyl groups is 4. The first-order valence-corrected chi connectivity index (χ1v) is 8.38. The van der Waals surface area contributed by atoms with Crippen molar-refractivity contribution in [2.75, 3.05) is 19.8 Å². The van der Waals surface area contributed by atoms with Crippen molar-refractivity contribution in [1.82, 2.24) is 0 Å². The topological polar surface area (TPSA) is 152 Å². The second-order valence-corrected chi connectivity index (χ2v) is 5.72. The van der Waals surface area contributed by atoms with E-state index in [9.17, 15) is 30.0 Å². The van der Waals surface area contributed by atoms with Gasteiger partial charge in [-0.15, -0.1) is 0 Å². The number of esters is 2. The molecule has 27 heavy (non-hydrogen) atoms. The minimum atomic E-state index is -1.64. The van der Waals surface area contributed by atoms with Crippen LogP contribution in [-0.2, 0) is 28.5 Å². The third-order valence-electron chi connectivity index (χ3n) is 3.61. The van der Waals surface area contributed by atoms with Gasteiger partial charge in [-0.3, -0.25) is 0 Å². The first kappa shape index (κ1) is 23.2. The highest BCUT2D eigenvalue weighted by Crippen LogP contribution is 2.23. The van der Waals surface area contributed by atoms with Crippen molar-refractivity contribution < 1.29 is 49.0 Å². The van der Waals surface area contributed by atoms with E-state index < -0.39 is 62.0 Å². The number of allylic oxidation sites excluding steroid dienone is 2. The van der Waals surface area contributed by atoms with Gasteiger partial charge in [-0.1, -0.05) is 12.2 Å². The molecule has 1 fully saturated rings. The van der Waals surface area contributed by atoms with Crippen molar-refractivity contribution in [3.63, 3.8) is 0 Å². The summed E-state index contributed by atoms with van der Waals surface area (Å²) in [6.07, 6.45) is -3.20. The number of ether oxygens (including phenoxy) is 4. The van der Waals surface area contributed by atoms with Gasteiger partial charge in [-0.2, -0.15) is 0 Å². The monoisotopic (exact) mass is 390 g/mol. The molecule has 0 radical (unpaired) electrons.